The number of likely N-dealkylation sites (N-methyl/N-ethyl adjacent to an activating group) is 1. The van der Waals surface area contributed by atoms with Crippen LogP contribution in [0.2, 0.25) is 0 Å². The number of hydrogen-bond acceptors (Lipinski definition) is 3. The molecular weight excluding hydrogens is 226 g/mol. The van der Waals surface area contributed by atoms with E-state index in [0.717, 1.165) is 32.4 Å². The maximum absolute atomic E-state index is 11.8. The molecule has 1 amide bonds. The summed E-state index contributed by atoms with van der Waals surface area (Å²) in [5.74, 6) is 0.683. The third-order valence-corrected chi connectivity index (χ3v) is 3.97. The number of carbonyl (C=O) groups is 1. The summed E-state index contributed by atoms with van der Waals surface area (Å²) in [5.41, 5.74) is 5.94. The molecule has 18 heavy (non-hydrogen) atoms. The van der Waals surface area contributed by atoms with Crippen LogP contribution in [-0.2, 0) is 4.79 Å². The van der Waals surface area contributed by atoms with Gasteiger partial charge in [-0.2, -0.15) is 0 Å². The molecule has 2 unspecified atom stereocenters. The van der Waals surface area contributed by atoms with Crippen molar-refractivity contribution in [2.45, 2.75) is 58.0 Å². The zero-order chi connectivity index (χ0) is 13.5. The van der Waals surface area contributed by atoms with Gasteiger partial charge in [0.05, 0.1) is 0 Å². The molecule has 4 nitrogen and oxygen atoms in total. The number of nitrogens with two attached hydrogens (primary N) is 1. The Bertz CT molecular complexity index is 255. The van der Waals surface area contributed by atoms with E-state index < -0.39 is 0 Å². The van der Waals surface area contributed by atoms with E-state index in [9.17, 15) is 4.79 Å². The zero-order valence-electron chi connectivity index (χ0n) is 12.1. The minimum absolute atomic E-state index is 0.186. The first kappa shape index (κ1) is 15.4. The van der Waals surface area contributed by atoms with Crippen LogP contribution in [0.5, 0.6) is 0 Å². The molecule has 0 bridgehead atoms. The van der Waals surface area contributed by atoms with Crippen molar-refractivity contribution in [3.63, 3.8) is 0 Å². The molecule has 3 N–H and O–H groups in total. The summed E-state index contributed by atoms with van der Waals surface area (Å²) in [4.78, 5) is 14.0. The van der Waals surface area contributed by atoms with Crippen molar-refractivity contribution in [1.82, 2.24) is 10.2 Å². The van der Waals surface area contributed by atoms with E-state index in [-0.39, 0.29) is 5.91 Å². The van der Waals surface area contributed by atoms with Crippen LogP contribution in [0, 0.1) is 5.92 Å². The number of rotatable bonds is 6. The molecule has 1 aliphatic rings. The van der Waals surface area contributed by atoms with Crippen LogP contribution in [0.25, 0.3) is 0 Å². The Morgan fingerprint density at radius 3 is 2.78 bits per heavy atom. The number of nitrogens with zero attached hydrogens (tertiary/aromatic N) is 1. The molecule has 0 saturated heterocycles. The van der Waals surface area contributed by atoms with Gasteiger partial charge in [-0.3, -0.25) is 4.79 Å². The second kappa shape index (κ2) is 7.74. The van der Waals surface area contributed by atoms with Gasteiger partial charge in [0, 0.05) is 31.6 Å². The lowest BCUT2D eigenvalue weighted by Gasteiger charge is -2.26. The lowest BCUT2D eigenvalue weighted by Crippen LogP contribution is -2.37. The van der Waals surface area contributed by atoms with Crippen molar-refractivity contribution in [3.8, 4) is 0 Å². The van der Waals surface area contributed by atoms with Gasteiger partial charge in [-0.1, -0.05) is 6.42 Å². The summed E-state index contributed by atoms with van der Waals surface area (Å²) in [7, 11) is 2.08. The van der Waals surface area contributed by atoms with Gasteiger partial charge in [0.1, 0.15) is 0 Å². The van der Waals surface area contributed by atoms with Gasteiger partial charge in [0.25, 0.3) is 0 Å². The second-order valence-corrected chi connectivity index (χ2v) is 5.92. The van der Waals surface area contributed by atoms with Crippen molar-refractivity contribution in [2.24, 2.45) is 11.7 Å². The second-order valence-electron chi connectivity index (χ2n) is 5.92. The molecule has 1 aliphatic carbocycles. The van der Waals surface area contributed by atoms with Crippen molar-refractivity contribution >= 4 is 5.91 Å². The van der Waals surface area contributed by atoms with Crippen LogP contribution in [0.1, 0.15) is 46.0 Å². The first-order valence-corrected chi connectivity index (χ1v) is 7.21. The van der Waals surface area contributed by atoms with Gasteiger partial charge in [-0.15, -0.1) is 0 Å². The number of carbonyl (C=O) groups excluding carboxylic acids is 1. The Balaban J connectivity index is 2.13. The van der Waals surface area contributed by atoms with E-state index >= 15 is 0 Å². The minimum Gasteiger partial charge on any atom is -0.355 e. The van der Waals surface area contributed by atoms with Crippen molar-refractivity contribution in [3.05, 3.63) is 0 Å². The highest BCUT2D eigenvalue weighted by molar-refractivity contribution is 5.76. The Morgan fingerprint density at radius 1 is 1.44 bits per heavy atom. The molecule has 2 atom stereocenters. The maximum Gasteiger partial charge on any atom is 0.220 e. The quantitative estimate of drug-likeness (QED) is 0.753. The molecule has 4 heteroatoms. The lowest BCUT2D eigenvalue weighted by molar-refractivity contribution is -0.122. The predicted octanol–water partition coefficient (Wildman–Crippen LogP) is 1.35. The van der Waals surface area contributed by atoms with Crippen LogP contribution < -0.4 is 11.1 Å². The first-order chi connectivity index (χ1) is 8.49. The monoisotopic (exact) mass is 255 g/mol. The summed E-state index contributed by atoms with van der Waals surface area (Å²) in [6.07, 6.45) is 5.12. The summed E-state index contributed by atoms with van der Waals surface area (Å²) in [6, 6.07) is 0.835. The molecule has 0 aromatic carbocycles. The minimum atomic E-state index is 0.186. The normalized spacial score (nSPS) is 24.6. The van der Waals surface area contributed by atoms with Crippen LogP contribution in [0.15, 0.2) is 0 Å². The van der Waals surface area contributed by atoms with Gasteiger partial charge >= 0.3 is 0 Å². The Hall–Kier alpha value is -0.610. The van der Waals surface area contributed by atoms with Gasteiger partial charge in [0.2, 0.25) is 5.91 Å². The van der Waals surface area contributed by atoms with E-state index in [2.05, 4.69) is 31.1 Å². The summed E-state index contributed by atoms with van der Waals surface area (Å²) in [5, 5.41) is 3.01. The topological polar surface area (TPSA) is 58.4 Å². The summed E-state index contributed by atoms with van der Waals surface area (Å²) < 4.78 is 0. The Labute approximate surface area is 111 Å². The molecule has 0 aromatic heterocycles. The fourth-order valence-corrected chi connectivity index (χ4v) is 2.48. The van der Waals surface area contributed by atoms with E-state index in [1.807, 2.05) is 0 Å². The van der Waals surface area contributed by atoms with E-state index in [4.69, 9.17) is 5.73 Å². The number of amides is 1. The first-order valence-electron chi connectivity index (χ1n) is 7.21. The number of nitrogens with one attached hydrogen (secondary N) is 1. The maximum atomic E-state index is 11.8. The molecule has 0 heterocycles. The summed E-state index contributed by atoms with van der Waals surface area (Å²) >= 11 is 0. The average Bonchev–Trinajstić information content (AvgIpc) is 2.28. The third-order valence-electron chi connectivity index (χ3n) is 3.97. The largest absolute Gasteiger partial charge is 0.355 e. The standard InChI is InChI=1S/C14H29N3O/c1-11(2)17(3)8-7-16-14(18)10-12-5-4-6-13(15)9-12/h11-13H,4-10,15H2,1-3H3,(H,16,18). The predicted molar refractivity (Wildman–Crippen MR) is 75.3 cm³/mol. The molecular formula is C14H29N3O. The highest BCUT2D eigenvalue weighted by atomic mass is 16.1. The highest BCUT2D eigenvalue weighted by Crippen LogP contribution is 2.25. The lowest BCUT2D eigenvalue weighted by atomic mass is 9.84. The molecule has 0 radical (unpaired) electrons. The molecule has 1 saturated carbocycles. The molecule has 106 valence electrons. The smallest absolute Gasteiger partial charge is 0.220 e. The molecule has 1 fully saturated rings. The van der Waals surface area contributed by atoms with Crippen LogP contribution in [0.3, 0.4) is 0 Å². The molecule has 0 aliphatic heterocycles. The van der Waals surface area contributed by atoms with E-state index in [1.54, 1.807) is 0 Å². The molecule has 0 spiro atoms. The molecule has 1 rings (SSSR count). The van der Waals surface area contributed by atoms with Crippen molar-refractivity contribution in [1.29, 1.82) is 0 Å². The average molecular weight is 255 g/mol. The third kappa shape index (κ3) is 5.83. The van der Waals surface area contributed by atoms with E-state index in [0.29, 0.717) is 24.4 Å². The van der Waals surface area contributed by atoms with Crippen LogP contribution in [-0.4, -0.2) is 43.0 Å². The van der Waals surface area contributed by atoms with Gasteiger partial charge in [-0.25, -0.2) is 0 Å². The van der Waals surface area contributed by atoms with Gasteiger partial charge < -0.3 is 16.0 Å². The van der Waals surface area contributed by atoms with E-state index in [1.165, 1.54) is 6.42 Å². The SMILES string of the molecule is CC(C)N(C)CCNC(=O)CC1CCCC(N)C1. The van der Waals surface area contributed by atoms with Crippen LogP contribution in [0.4, 0.5) is 0 Å². The highest BCUT2D eigenvalue weighted by Gasteiger charge is 2.21. The van der Waals surface area contributed by atoms with Crippen molar-refractivity contribution in [2.75, 3.05) is 20.1 Å². The Kier molecular flexibility index (Phi) is 6.65. The zero-order valence-corrected chi connectivity index (χ0v) is 12.1. The summed E-state index contributed by atoms with van der Waals surface area (Å²) in [6.45, 7) is 5.97. The van der Waals surface area contributed by atoms with Gasteiger partial charge in [-0.05, 0) is 46.1 Å². The van der Waals surface area contributed by atoms with Crippen molar-refractivity contribution < 1.29 is 4.79 Å². The van der Waals surface area contributed by atoms with Crippen LogP contribution >= 0.6 is 0 Å². The fraction of sp³-hybridized carbons (Fsp3) is 0.929. The molecule has 0 aromatic rings. The fourth-order valence-electron chi connectivity index (χ4n) is 2.48. The van der Waals surface area contributed by atoms with Gasteiger partial charge in [0.15, 0.2) is 0 Å². The Morgan fingerprint density at radius 2 is 2.17 bits per heavy atom. The number of hydrogen-bond donors (Lipinski definition) is 2.